The Morgan fingerprint density at radius 2 is 1.76 bits per heavy atom. The van der Waals surface area contributed by atoms with Crippen LogP contribution >= 0.6 is 11.3 Å². The molecular weight excluding hydrogens is 382 g/mol. The van der Waals surface area contributed by atoms with Crippen LogP contribution in [-0.2, 0) is 14.9 Å². The van der Waals surface area contributed by atoms with E-state index in [2.05, 4.69) is 38.2 Å². The van der Waals surface area contributed by atoms with Crippen LogP contribution in [0, 0.1) is 0 Å². The summed E-state index contributed by atoms with van der Waals surface area (Å²) in [6.45, 7) is 8.53. The molecule has 0 fully saturated rings. The summed E-state index contributed by atoms with van der Waals surface area (Å²) in [5, 5.41) is 4.12. The molecule has 0 spiro atoms. The zero-order valence-electron chi connectivity index (χ0n) is 17.1. The number of carbonyl (C=O) groups excluding carboxylic acids is 2. The van der Waals surface area contributed by atoms with Crippen molar-refractivity contribution in [3.8, 4) is 0 Å². The highest BCUT2D eigenvalue weighted by Crippen LogP contribution is 2.36. The average Bonchev–Trinajstić information content (AvgIpc) is 3.04. The molecule has 1 aromatic heterocycles. The fraction of sp³-hybridized carbons (Fsp3) is 0.250. The van der Waals surface area contributed by atoms with Gasteiger partial charge in [-0.15, -0.1) is 11.3 Å². The number of hydrogen-bond donors (Lipinski definition) is 1. The Hall–Kier alpha value is -2.92. The maximum Gasteiger partial charge on any atom is 0.341 e. The Morgan fingerprint density at radius 3 is 2.41 bits per heavy atom. The van der Waals surface area contributed by atoms with Crippen LogP contribution in [0.1, 0.15) is 49.2 Å². The third-order valence-corrected chi connectivity index (χ3v) is 5.60. The summed E-state index contributed by atoms with van der Waals surface area (Å²) < 4.78 is 6.11. The molecule has 3 rings (SSSR count). The summed E-state index contributed by atoms with van der Waals surface area (Å²) in [5.74, 6) is -0.719. The molecule has 5 heteroatoms. The normalized spacial score (nSPS) is 11.7. The van der Waals surface area contributed by atoms with Crippen molar-refractivity contribution in [3.05, 3.63) is 71.3 Å². The van der Waals surface area contributed by atoms with Gasteiger partial charge >= 0.3 is 5.97 Å². The molecule has 0 aliphatic carbocycles. The minimum atomic E-state index is -0.429. The van der Waals surface area contributed by atoms with E-state index >= 15 is 0 Å². The summed E-state index contributed by atoms with van der Waals surface area (Å²) in [7, 11) is 0. The van der Waals surface area contributed by atoms with Gasteiger partial charge in [-0.1, -0.05) is 63.2 Å². The zero-order chi connectivity index (χ0) is 21.0. The van der Waals surface area contributed by atoms with Crippen molar-refractivity contribution in [3.63, 3.8) is 0 Å². The van der Waals surface area contributed by atoms with Crippen molar-refractivity contribution in [1.82, 2.24) is 0 Å². The van der Waals surface area contributed by atoms with Crippen LogP contribution in [0.15, 0.2) is 54.6 Å². The van der Waals surface area contributed by atoms with Crippen LogP contribution in [-0.4, -0.2) is 18.5 Å². The van der Waals surface area contributed by atoms with E-state index in [1.807, 2.05) is 36.4 Å². The molecule has 29 heavy (non-hydrogen) atoms. The summed E-state index contributed by atoms with van der Waals surface area (Å²) in [5.41, 5.74) is 2.67. The highest BCUT2D eigenvalue weighted by Gasteiger charge is 2.21. The molecule has 4 nitrogen and oxygen atoms in total. The molecule has 0 saturated carbocycles. The molecule has 0 atom stereocenters. The smallest absolute Gasteiger partial charge is 0.341 e. The molecule has 3 aromatic rings. The number of hydrogen-bond acceptors (Lipinski definition) is 4. The first-order valence-electron chi connectivity index (χ1n) is 9.58. The van der Waals surface area contributed by atoms with Gasteiger partial charge in [-0.3, -0.25) is 4.79 Å². The Balaban J connectivity index is 1.80. The van der Waals surface area contributed by atoms with E-state index < -0.39 is 5.97 Å². The van der Waals surface area contributed by atoms with Crippen LogP contribution in [0.3, 0.4) is 0 Å². The van der Waals surface area contributed by atoms with Gasteiger partial charge in [0.1, 0.15) is 10.6 Å². The quantitative estimate of drug-likeness (QED) is 0.415. The molecule has 1 amide bonds. The number of ether oxygens (including phenoxy) is 1. The van der Waals surface area contributed by atoms with Crippen molar-refractivity contribution in [2.45, 2.75) is 33.1 Å². The standard InChI is InChI=1S/C24H25NO3S/c1-5-28-23(27)21-18-8-6-7-9-19(18)29-22(21)25-20(26)15-12-16-10-13-17(14-11-16)24(2,3)4/h6-15H,5H2,1-4H3,(H,25,26)/b15-12-. The maximum atomic E-state index is 12.5. The third kappa shape index (κ3) is 4.93. The monoisotopic (exact) mass is 407 g/mol. The van der Waals surface area contributed by atoms with Crippen molar-refractivity contribution in [1.29, 1.82) is 0 Å². The fourth-order valence-electron chi connectivity index (χ4n) is 2.96. The lowest BCUT2D eigenvalue weighted by Crippen LogP contribution is -2.12. The number of anilines is 1. The van der Waals surface area contributed by atoms with Crippen molar-refractivity contribution in [2.24, 2.45) is 0 Å². The first kappa shape index (κ1) is 20.8. The highest BCUT2D eigenvalue weighted by atomic mass is 32.1. The SMILES string of the molecule is CCOC(=O)c1c(NC(=O)/C=C\c2ccc(C(C)(C)C)cc2)sc2ccccc12. The average molecular weight is 408 g/mol. The number of benzene rings is 2. The van der Waals surface area contributed by atoms with Crippen molar-refractivity contribution in [2.75, 3.05) is 11.9 Å². The lowest BCUT2D eigenvalue weighted by atomic mass is 9.87. The number of amides is 1. The zero-order valence-corrected chi connectivity index (χ0v) is 17.9. The Kier molecular flexibility index (Phi) is 6.18. The predicted octanol–water partition coefficient (Wildman–Crippen LogP) is 6.03. The lowest BCUT2D eigenvalue weighted by Gasteiger charge is -2.18. The molecule has 2 aromatic carbocycles. The van der Waals surface area contributed by atoms with E-state index in [1.54, 1.807) is 13.0 Å². The molecule has 150 valence electrons. The van der Waals surface area contributed by atoms with Crippen LogP contribution in [0.5, 0.6) is 0 Å². The second-order valence-electron chi connectivity index (χ2n) is 7.72. The molecule has 0 aliphatic rings. The number of rotatable bonds is 5. The number of nitrogens with one attached hydrogen (secondary N) is 1. The topological polar surface area (TPSA) is 55.4 Å². The van der Waals surface area contributed by atoms with Crippen LogP contribution in [0.25, 0.3) is 16.2 Å². The maximum absolute atomic E-state index is 12.5. The number of fused-ring (bicyclic) bond motifs is 1. The summed E-state index contributed by atoms with van der Waals surface area (Å²) in [4.78, 5) is 24.9. The largest absolute Gasteiger partial charge is 0.462 e. The van der Waals surface area contributed by atoms with E-state index in [9.17, 15) is 9.59 Å². The van der Waals surface area contributed by atoms with Gasteiger partial charge in [-0.25, -0.2) is 4.79 Å². The Morgan fingerprint density at radius 1 is 1.07 bits per heavy atom. The molecule has 0 unspecified atom stereocenters. The van der Waals surface area contributed by atoms with Gasteiger partial charge in [0.25, 0.3) is 0 Å². The molecule has 0 aliphatic heterocycles. The second kappa shape index (κ2) is 8.62. The van der Waals surface area contributed by atoms with Crippen molar-refractivity contribution >= 4 is 44.4 Å². The van der Waals surface area contributed by atoms with Gasteiger partial charge in [-0.2, -0.15) is 0 Å². The van der Waals surface area contributed by atoms with E-state index in [-0.39, 0.29) is 17.9 Å². The Labute approximate surface area is 175 Å². The predicted molar refractivity (Wildman–Crippen MR) is 121 cm³/mol. The summed E-state index contributed by atoms with van der Waals surface area (Å²) >= 11 is 1.37. The van der Waals surface area contributed by atoms with E-state index in [0.29, 0.717) is 10.6 Å². The van der Waals surface area contributed by atoms with Crippen molar-refractivity contribution < 1.29 is 14.3 Å². The molecule has 1 N–H and O–H groups in total. The highest BCUT2D eigenvalue weighted by molar-refractivity contribution is 7.23. The minimum absolute atomic E-state index is 0.0876. The number of esters is 1. The van der Waals surface area contributed by atoms with Gasteiger partial charge in [-0.05, 0) is 35.6 Å². The Bertz CT molecular complexity index is 1060. The van der Waals surface area contributed by atoms with E-state index in [4.69, 9.17) is 4.74 Å². The van der Waals surface area contributed by atoms with Gasteiger partial charge < -0.3 is 10.1 Å². The fourth-order valence-corrected chi connectivity index (χ4v) is 4.05. The molecule has 0 radical (unpaired) electrons. The summed E-state index contributed by atoms with van der Waals surface area (Å²) in [6.07, 6.45) is 3.24. The van der Waals surface area contributed by atoms with Gasteiger partial charge in [0.15, 0.2) is 0 Å². The molecular formula is C24H25NO3S. The van der Waals surface area contributed by atoms with Crippen LogP contribution in [0.2, 0.25) is 0 Å². The minimum Gasteiger partial charge on any atom is -0.462 e. The van der Waals surface area contributed by atoms with Gasteiger partial charge in [0.05, 0.1) is 6.61 Å². The first-order valence-corrected chi connectivity index (χ1v) is 10.4. The molecule has 1 heterocycles. The number of thiophene rings is 1. The number of carbonyl (C=O) groups is 2. The third-order valence-electron chi connectivity index (χ3n) is 4.52. The van der Waals surface area contributed by atoms with Crippen LogP contribution in [0.4, 0.5) is 5.00 Å². The van der Waals surface area contributed by atoms with Crippen LogP contribution < -0.4 is 5.32 Å². The lowest BCUT2D eigenvalue weighted by molar-refractivity contribution is -0.111. The van der Waals surface area contributed by atoms with Gasteiger partial charge in [0, 0.05) is 16.2 Å². The van der Waals surface area contributed by atoms with E-state index in [0.717, 1.165) is 15.6 Å². The molecule has 0 bridgehead atoms. The first-order chi connectivity index (χ1) is 13.8. The van der Waals surface area contributed by atoms with Gasteiger partial charge in [0.2, 0.25) is 5.91 Å². The second-order valence-corrected chi connectivity index (χ2v) is 8.77. The summed E-state index contributed by atoms with van der Waals surface area (Å²) in [6, 6.07) is 15.7. The molecule has 0 saturated heterocycles. The van der Waals surface area contributed by atoms with E-state index in [1.165, 1.54) is 23.0 Å².